The van der Waals surface area contributed by atoms with E-state index in [1.54, 1.807) is 0 Å². The number of aliphatic carboxylic acids is 1. The lowest BCUT2D eigenvalue weighted by atomic mass is 9.84. The van der Waals surface area contributed by atoms with Crippen molar-refractivity contribution in [3.8, 4) is 0 Å². The predicted octanol–water partition coefficient (Wildman–Crippen LogP) is 5.31. The minimum absolute atomic E-state index is 0.00330. The minimum Gasteiger partial charge on any atom is -0.481 e. The van der Waals surface area contributed by atoms with Crippen LogP contribution in [0.25, 0.3) is 5.57 Å². The Morgan fingerprint density at radius 3 is 2.50 bits per heavy atom. The number of carbonyl (C=O) groups excluding carboxylic acids is 3. The largest absolute Gasteiger partial charge is 0.481 e. The van der Waals surface area contributed by atoms with Crippen LogP contribution in [0.3, 0.4) is 0 Å². The molecule has 3 aliphatic rings. The Balaban J connectivity index is 1.60. The number of aldehydes is 1. The molecule has 42 heavy (non-hydrogen) atoms. The fourth-order valence-electron chi connectivity index (χ4n) is 6.62. The lowest BCUT2D eigenvalue weighted by Crippen LogP contribution is -2.19. The molecule has 1 aliphatic carbocycles. The van der Waals surface area contributed by atoms with Gasteiger partial charge in [-0.25, -0.2) is 0 Å². The lowest BCUT2D eigenvalue weighted by Gasteiger charge is -2.18. The SMILES string of the molecule is C=CC1=C(C)C(=CC2=NC(=C3CC(=O)c4c3[nH]c(Cc3[nH]c(C=O)c(C)c3CC)c4C)C(CCC(=O)O)C2C)NC1=O. The molecule has 0 aromatic carbocycles. The molecular formula is C33H36N4O5. The molecule has 2 aromatic heterocycles. The Kier molecular flexibility index (Phi) is 7.62. The van der Waals surface area contributed by atoms with Gasteiger partial charge in [-0.05, 0) is 62.0 Å². The van der Waals surface area contributed by atoms with E-state index >= 15 is 0 Å². The van der Waals surface area contributed by atoms with E-state index < -0.39 is 5.97 Å². The number of nitrogens with zero attached hydrogens (tertiary/aromatic N) is 1. The Morgan fingerprint density at radius 1 is 1.14 bits per heavy atom. The lowest BCUT2D eigenvalue weighted by molar-refractivity contribution is -0.137. The molecule has 2 unspecified atom stereocenters. The number of aromatic nitrogens is 2. The maximum Gasteiger partial charge on any atom is 0.303 e. The molecule has 0 radical (unpaired) electrons. The molecule has 0 saturated carbocycles. The molecule has 9 nitrogen and oxygen atoms in total. The van der Waals surface area contributed by atoms with Crippen molar-refractivity contribution >= 4 is 35.2 Å². The van der Waals surface area contributed by atoms with Crippen molar-refractivity contribution in [2.75, 3.05) is 0 Å². The van der Waals surface area contributed by atoms with Crippen molar-refractivity contribution in [3.63, 3.8) is 0 Å². The van der Waals surface area contributed by atoms with Crippen LogP contribution >= 0.6 is 0 Å². The zero-order valence-electron chi connectivity index (χ0n) is 24.7. The third-order valence-corrected chi connectivity index (χ3v) is 9.05. The minimum atomic E-state index is -0.889. The highest BCUT2D eigenvalue weighted by molar-refractivity contribution is 6.14. The first kappa shape index (κ1) is 29.0. The van der Waals surface area contributed by atoms with Crippen LogP contribution in [-0.4, -0.2) is 44.7 Å². The number of carboxylic acid groups (broad SMARTS) is 1. The molecule has 0 fully saturated rings. The molecule has 0 spiro atoms. The van der Waals surface area contributed by atoms with Crippen LogP contribution in [0.1, 0.15) is 94.7 Å². The first-order chi connectivity index (χ1) is 20.0. The summed E-state index contributed by atoms with van der Waals surface area (Å²) in [6.45, 7) is 13.5. The Hall–Kier alpha value is -4.53. The zero-order chi connectivity index (χ0) is 30.5. The van der Waals surface area contributed by atoms with E-state index in [2.05, 4.69) is 28.8 Å². The fourth-order valence-corrected chi connectivity index (χ4v) is 6.62. The third-order valence-electron chi connectivity index (χ3n) is 9.05. The van der Waals surface area contributed by atoms with Gasteiger partial charge < -0.3 is 20.4 Å². The number of carbonyl (C=O) groups is 4. The molecule has 5 rings (SSSR count). The van der Waals surface area contributed by atoms with Crippen molar-refractivity contribution < 1.29 is 24.3 Å². The van der Waals surface area contributed by atoms with Crippen LogP contribution < -0.4 is 5.32 Å². The summed E-state index contributed by atoms with van der Waals surface area (Å²) < 4.78 is 0. The molecule has 2 aromatic rings. The molecule has 2 aliphatic heterocycles. The smallest absolute Gasteiger partial charge is 0.303 e. The summed E-state index contributed by atoms with van der Waals surface area (Å²) in [7, 11) is 0. The second-order valence-corrected chi connectivity index (χ2v) is 11.3. The zero-order valence-corrected chi connectivity index (χ0v) is 24.7. The second kappa shape index (κ2) is 11.0. The number of nitrogens with one attached hydrogen (secondary N) is 3. The molecule has 9 heteroatoms. The molecule has 218 valence electrons. The molecule has 2 atom stereocenters. The van der Waals surface area contributed by atoms with Gasteiger partial charge in [-0.3, -0.25) is 24.2 Å². The number of aromatic amines is 2. The van der Waals surface area contributed by atoms with Crippen molar-refractivity contribution in [1.82, 2.24) is 15.3 Å². The van der Waals surface area contributed by atoms with Crippen LogP contribution in [0.15, 0.2) is 46.3 Å². The number of hydrogen-bond donors (Lipinski definition) is 4. The normalized spacial score (nSPS) is 22.7. The van der Waals surface area contributed by atoms with Gasteiger partial charge in [-0.2, -0.15) is 0 Å². The van der Waals surface area contributed by atoms with Gasteiger partial charge in [0.15, 0.2) is 12.1 Å². The summed E-state index contributed by atoms with van der Waals surface area (Å²) in [4.78, 5) is 60.6. The van der Waals surface area contributed by atoms with Crippen molar-refractivity contribution in [2.24, 2.45) is 16.8 Å². The van der Waals surface area contributed by atoms with Gasteiger partial charge in [0, 0.05) is 70.6 Å². The maximum atomic E-state index is 13.4. The predicted molar refractivity (Wildman–Crippen MR) is 161 cm³/mol. The van der Waals surface area contributed by atoms with Crippen LogP contribution in [0, 0.1) is 25.7 Å². The highest BCUT2D eigenvalue weighted by atomic mass is 16.4. The number of H-pyrrole nitrogens is 2. The van der Waals surface area contributed by atoms with E-state index in [1.807, 2.05) is 33.8 Å². The monoisotopic (exact) mass is 568 g/mol. The molecule has 0 saturated heterocycles. The van der Waals surface area contributed by atoms with E-state index in [9.17, 15) is 24.3 Å². The quantitative estimate of drug-likeness (QED) is 0.303. The number of allylic oxidation sites excluding steroid dienone is 4. The molecule has 4 N–H and O–H groups in total. The highest BCUT2D eigenvalue weighted by Gasteiger charge is 2.39. The van der Waals surface area contributed by atoms with Crippen LogP contribution in [0.2, 0.25) is 0 Å². The van der Waals surface area contributed by atoms with Crippen LogP contribution in [0.4, 0.5) is 0 Å². The maximum absolute atomic E-state index is 13.4. The standard InChI is InChI=1S/C33H36N4O5/c1-7-19-15(3)27(14-38)34-26(19)13-25-18(6)30-28(39)11-22(32(30)36-25)31-21(9-10-29(40)41)17(5)23(35-31)12-24-16(4)20(8-2)33(42)37-24/h8,12,14,17,21,34,36H,2,7,9-11,13H2,1,3-6H3,(H,37,42)(H,40,41). The van der Waals surface area contributed by atoms with Gasteiger partial charge in [-0.1, -0.05) is 26.5 Å². The molecule has 4 heterocycles. The molecular weight excluding hydrogens is 532 g/mol. The fraction of sp³-hybridized carbons (Fsp3) is 0.364. The summed E-state index contributed by atoms with van der Waals surface area (Å²) in [5, 5.41) is 12.4. The van der Waals surface area contributed by atoms with Gasteiger partial charge in [0.05, 0.1) is 17.1 Å². The van der Waals surface area contributed by atoms with Gasteiger partial charge in [0.1, 0.15) is 0 Å². The Bertz CT molecular complexity index is 1690. The van der Waals surface area contributed by atoms with Gasteiger partial charge in [-0.15, -0.1) is 0 Å². The number of amides is 1. The summed E-state index contributed by atoms with van der Waals surface area (Å²) in [6.07, 6.45) is 6.04. The molecule has 0 bridgehead atoms. The Morgan fingerprint density at radius 2 is 1.88 bits per heavy atom. The van der Waals surface area contributed by atoms with E-state index in [4.69, 9.17) is 4.99 Å². The number of carboxylic acids is 1. The van der Waals surface area contributed by atoms with E-state index in [-0.39, 0.29) is 36.4 Å². The first-order valence-electron chi connectivity index (χ1n) is 14.3. The second-order valence-electron chi connectivity index (χ2n) is 11.3. The number of rotatable bonds is 9. The topological polar surface area (TPSA) is 144 Å². The summed E-state index contributed by atoms with van der Waals surface area (Å²) in [5.74, 6) is -1.43. The van der Waals surface area contributed by atoms with Gasteiger partial charge in [0.2, 0.25) is 0 Å². The van der Waals surface area contributed by atoms with Gasteiger partial charge >= 0.3 is 5.97 Å². The number of fused-ring (bicyclic) bond motifs is 1. The van der Waals surface area contributed by atoms with Crippen molar-refractivity contribution in [3.05, 3.63) is 86.3 Å². The van der Waals surface area contributed by atoms with Gasteiger partial charge in [0.25, 0.3) is 5.91 Å². The molecule has 1 amide bonds. The van der Waals surface area contributed by atoms with Crippen LogP contribution in [0.5, 0.6) is 0 Å². The number of Topliss-reactive ketones (excluding diaryl/α,β-unsaturated/α-hetero) is 1. The van der Waals surface area contributed by atoms with Crippen molar-refractivity contribution in [2.45, 2.75) is 66.7 Å². The highest BCUT2D eigenvalue weighted by Crippen LogP contribution is 2.45. The third kappa shape index (κ3) is 4.72. The van der Waals surface area contributed by atoms with E-state index in [1.165, 1.54) is 6.08 Å². The average Bonchev–Trinajstić information content (AvgIpc) is 3.69. The first-order valence-corrected chi connectivity index (χ1v) is 14.3. The summed E-state index contributed by atoms with van der Waals surface area (Å²) >= 11 is 0. The summed E-state index contributed by atoms with van der Waals surface area (Å²) in [5.41, 5.74) is 10.9. The van der Waals surface area contributed by atoms with Crippen molar-refractivity contribution in [1.29, 1.82) is 0 Å². The average molecular weight is 569 g/mol. The number of ketones is 1. The van der Waals surface area contributed by atoms with Crippen LogP contribution in [-0.2, 0) is 22.4 Å². The van der Waals surface area contributed by atoms with E-state index in [0.29, 0.717) is 35.4 Å². The van der Waals surface area contributed by atoms with E-state index in [0.717, 1.165) is 69.0 Å². The summed E-state index contributed by atoms with van der Waals surface area (Å²) in [6, 6.07) is 0. The number of aliphatic imine (C=N–C) groups is 1. The Labute approximate surface area is 244 Å². The number of hydrogen-bond acceptors (Lipinski definition) is 5.